The molecule has 1 N–H and O–H groups in total. The van der Waals surface area contributed by atoms with Gasteiger partial charge in [0.1, 0.15) is 5.01 Å². The van der Waals surface area contributed by atoms with E-state index in [-0.39, 0.29) is 5.60 Å². The van der Waals surface area contributed by atoms with Gasteiger partial charge in [-0.3, -0.25) is 0 Å². The molecule has 1 unspecified atom stereocenters. The summed E-state index contributed by atoms with van der Waals surface area (Å²) in [4.78, 5) is 4.50. The van der Waals surface area contributed by atoms with Gasteiger partial charge < -0.3 is 10.1 Å². The van der Waals surface area contributed by atoms with Crippen LogP contribution in [0.25, 0.3) is 0 Å². The smallest absolute Gasteiger partial charge is 0.112 e. The van der Waals surface area contributed by atoms with Crippen LogP contribution in [0.5, 0.6) is 0 Å². The number of nitrogens with one attached hydrogen (secondary N) is 1. The molecule has 0 aromatic carbocycles. The molecule has 18 heavy (non-hydrogen) atoms. The van der Waals surface area contributed by atoms with E-state index in [4.69, 9.17) is 4.74 Å². The first-order valence-corrected chi connectivity index (χ1v) is 7.99. The van der Waals surface area contributed by atoms with Crippen molar-refractivity contribution < 1.29 is 4.74 Å². The van der Waals surface area contributed by atoms with E-state index in [0.717, 1.165) is 19.1 Å². The average Bonchev–Trinajstić information content (AvgIpc) is 2.94. The van der Waals surface area contributed by atoms with Crippen molar-refractivity contribution in [3.8, 4) is 0 Å². The zero-order chi connectivity index (χ0) is 12.4. The van der Waals surface area contributed by atoms with Crippen molar-refractivity contribution in [1.82, 2.24) is 10.3 Å². The monoisotopic (exact) mass is 266 g/mol. The van der Waals surface area contributed by atoms with Gasteiger partial charge in [-0.2, -0.15) is 0 Å². The topological polar surface area (TPSA) is 34.1 Å². The van der Waals surface area contributed by atoms with Gasteiger partial charge >= 0.3 is 0 Å². The Bertz CT molecular complexity index is 371. The van der Waals surface area contributed by atoms with E-state index in [0.29, 0.717) is 6.04 Å². The van der Waals surface area contributed by atoms with Gasteiger partial charge in [-0.25, -0.2) is 4.98 Å². The van der Waals surface area contributed by atoms with E-state index in [9.17, 15) is 0 Å². The molecular formula is C14H22N2OS. The zero-order valence-corrected chi connectivity index (χ0v) is 11.8. The lowest BCUT2D eigenvalue weighted by Crippen LogP contribution is -2.53. The van der Waals surface area contributed by atoms with Gasteiger partial charge in [0.05, 0.1) is 18.2 Å². The minimum atomic E-state index is 0.0156. The van der Waals surface area contributed by atoms with Crippen LogP contribution in [0.15, 0.2) is 11.6 Å². The lowest BCUT2D eigenvalue weighted by molar-refractivity contribution is -0.125. The zero-order valence-electron chi connectivity index (χ0n) is 11.0. The van der Waals surface area contributed by atoms with E-state index in [1.807, 2.05) is 6.20 Å². The Labute approximate surface area is 113 Å². The van der Waals surface area contributed by atoms with Gasteiger partial charge in [0.2, 0.25) is 0 Å². The van der Waals surface area contributed by atoms with Gasteiger partial charge in [0.15, 0.2) is 0 Å². The third-order valence-corrected chi connectivity index (χ3v) is 5.43. The molecule has 3 nitrogen and oxygen atoms in total. The van der Waals surface area contributed by atoms with Crippen LogP contribution in [0.1, 0.15) is 50.1 Å². The van der Waals surface area contributed by atoms with Gasteiger partial charge in [0.25, 0.3) is 0 Å². The molecule has 1 saturated carbocycles. The van der Waals surface area contributed by atoms with E-state index in [1.165, 1.54) is 37.1 Å². The minimum Gasteiger partial charge on any atom is -0.372 e. The first kappa shape index (κ1) is 12.6. The summed E-state index contributed by atoms with van der Waals surface area (Å²) in [6, 6.07) is 0.309. The molecule has 3 rings (SSSR count). The van der Waals surface area contributed by atoms with Gasteiger partial charge in [-0.15, -0.1) is 11.3 Å². The molecule has 100 valence electrons. The van der Waals surface area contributed by atoms with E-state index < -0.39 is 0 Å². The molecular weight excluding hydrogens is 244 g/mol. The van der Waals surface area contributed by atoms with Crippen LogP contribution >= 0.6 is 11.3 Å². The lowest BCUT2D eigenvalue weighted by atomic mass is 9.73. The van der Waals surface area contributed by atoms with Crippen molar-refractivity contribution >= 4 is 11.3 Å². The summed E-state index contributed by atoms with van der Waals surface area (Å²) in [5.41, 5.74) is 0.0156. The fraction of sp³-hybridized carbons (Fsp3) is 0.786. The fourth-order valence-corrected chi connectivity index (χ4v) is 4.24. The maximum absolute atomic E-state index is 6.24. The Balaban J connectivity index is 1.79. The molecule has 1 aromatic heterocycles. The highest BCUT2D eigenvalue weighted by Crippen LogP contribution is 2.45. The van der Waals surface area contributed by atoms with Crippen LogP contribution in [0.2, 0.25) is 0 Å². The van der Waals surface area contributed by atoms with Crippen LogP contribution in [-0.2, 0) is 4.74 Å². The maximum Gasteiger partial charge on any atom is 0.112 e. The SMILES string of the molecule is CCC1CCC2(CC1)OCCNC2c1nccs1. The highest BCUT2D eigenvalue weighted by molar-refractivity contribution is 7.09. The standard InChI is InChI=1S/C14H22N2OS/c1-2-11-3-5-14(6-4-11)12(15-7-9-17-14)13-16-8-10-18-13/h8,10-12,15H,2-7,9H2,1H3. The Morgan fingerprint density at radius 1 is 1.50 bits per heavy atom. The molecule has 1 aromatic rings. The first-order valence-electron chi connectivity index (χ1n) is 7.11. The van der Waals surface area contributed by atoms with Crippen LogP contribution in [-0.4, -0.2) is 23.7 Å². The molecule has 1 saturated heterocycles. The molecule has 2 fully saturated rings. The molecule has 1 spiro atoms. The van der Waals surface area contributed by atoms with Crippen LogP contribution in [0.3, 0.4) is 0 Å². The molecule has 1 atom stereocenters. The van der Waals surface area contributed by atoms with Crippen molar-refractivity contribution in [3.63, 3.8) is 0 Å². The predicted octanol–water partition coefficient (Wildman–Crippen LogP) is 3.14. The molecule has 4 heteroatoms. The Morgan fingerprint density at radius 2 is 2.33 bits per heavy atom. The van der Waals surface area contributed by atoms with Crippen molar-refractivity contribution in [2.75, 3.05) is 13.2 Å². The maximum atomic E-state index is 6.24. The second kappa shape index (κ2) is 5.27. The predicted molar refractivity (Wildman–Crippen MR) is 73.8 cm³/mol. The number of rotatable bonds is 2. The van der Waals surface area contributed by atoms with E-state index in [1.54, 1.807) is 11.3 Å². The largest absolute Gasteiger partial charge is 0.372 e. The molecule has 0 amide bonds. The molecule has 0 bridgehead atoms. The van der Waals surface area contributed by atoms with Gasteiger partial charge in [-0.05, 0) is 31.6 Å². The summed E-state index contributed by atoms with van der Waals surface area (Å²) in [6.07, 6.45) is 8.19. The second-order valence-corrected chi connectivity index (χ2v) is 6.45. The third-order valence-electron chi connectivity index (χ3n) is 4.59. The molecule has 1 aliphatic heterocycles. The molecule has 2 heterocycles. The average molecular weight is 266 g/mol. The summed E-state index contributed by atoms with van der Waals surface area (Å²) < 4.78 is 6.24. The summed E-state index contributed by atoms with van der Waals surface area (Å²) in [7, 11) is 0. The number of ether oxygens (including phenoxy) is 1. The van der Waals surface area contributed by atoms with Crippen LogP contribution < -0.4 is 5.32 Å². The Hall–Kier alpha value is -0.450. The summed E-state index contributed by atoms with van der Waals surface area (Å²) >= 11 is 1.75. The van der Waals surface area contributed by atoms with Crippen molar-refractivity contribution in [2.45, 2.75) is 50.7 Å². The quantitative estimate of drug-likeness (QED) is 0.893. The third kappa shape index (κ3) is 2.22. The Kier molecular flexibility index (Phi) is 3.68. The minimum absolute atomic E-state index is 0.0156. The lowest BCUT2D eigenvalue weighted by Gasteiger charge is -2.47. The normalized spacial score (nSPS) is 36.9. The van der Waals surface area contributed by atoms with Crippen molar-refractivity contribution in [2.24, 2.45) is 5.92 Å². The van der Waals surface area contributed by atoms with Gasteiger partial charge in [-0.1, -0.05) is 13.3 Å². The highest BCUT2D eigenvalue weighted by Gasteiger charge is 2.46. The van der Waals surface area contributed by atoms with E-state index >= 15 is 0 Å². The number of hydrogen-bond acceptors (Lipinski definition) is 4. The number of thiazole rings is 1. The highest BCUT2D eigenvalue weighted by atomic mass is 32.1. The first-order chi connectivity index (χ1) is 8.84. The van der Waals surface area contributed by atoms with Gasteiger partial charge in [0, 0.05) is 18.1 Å². The summed E-state index contributed by atoms with van der Waals surface area (Å²) in [5.74, 6) is 0.901. The van der Waals surface area contributed by atoms with E-state index in [2.05, 4.69) is 22.6 Å². The number of aromatic nitrogens is 1. The molecule has 1 aliphatic carbocycles. The molecule has 2 aliphatic rings. The number of nitrogens with zero attached hydrogens (tertiary/aromatic N) is 1. The number of morpholine rings is 1. The second-order valence-electron chi connectivity index (χ2n) is 5.52. The van der Waals surface area contributed by atoms with Crippen molar-refractivity contribution in [3.05, 3.63) is 16.6 Å². The molecule has 0 radical (unpaired) electrons. The summed E-state index contributed by atoms with van der Waals surface area (Å²) in [6.45, 7) is 4.10. The Morgan fingerprint density at radius 3 is 3.00 bits per heavy atom. The van der Waals surface area contributed by atoms with Crippen molar-refractivity contribution in [1.29, 1.82) is 0 Å². The number of hydrogen-bond donors (Lipinski definition) is 1. The fourth-order valence-electron chi connectivity index (χ4n) is 3.42. The van der Waals surface area contributed by atoms with Crippen LogP contribution in [0, 0.1) is 5.92 Å². The summed E-state index contributed by atoms with van der Waals surface area (Å²) in [5, 5.41) is 6.90. The van der Waals surface area contributed by atoms with Crippen LogP contribution in [0.4, 0.5) is 0 Å².